The lowest BCUT2D eigenvalue weighted by Gasteiger charge is -2.13. The number of halogens is 4. The first-order valence-electron chi connectivity index (χ1n) is 41.1. The topological polar surface area (TPSA) is 358 Å². The van der Waals surface area contributed by atoms with E-state index in [1.54, 1.807) is 274 Å². The molecule has 5 aromatic heterocycles. The number of aromatic hydroxyl groups is 2. The van der Waals surface area contributed by atoms with Crippen LogP contribution in [0.25, 0.3) is 30.4 Å². The van der Waals surface area contributed by atoms with Crippen LogP contribution in [0, 0.1) is 17.5 Å². The highest BCUT2D eigenvalue weighted by atomic mass is 35.5. The first kappa shape index (κ1) is 97.7. The maximum Gasteiger partial charge on any atom is 0.203 e. The Labute approximate surface area is 781 Å². The van der Waals surface area contributed by atoms with Gasteiger partial charge in [0.25, 0.3) is 0 Å². The molecule has 0 saturated carbocycles. The van der Waals surface area contributed by atoms with Crippen LogP contribution in [-0.2, 0) is 0 Å². The van der Waals surface area contributed by atoms with Crippen molar-refractivity contribution in [2.75, 3.05) is 80.7 Å². The Hall–Kier alpha value is -17.9. The molecule has 10 aromatic carbocycles. The minimum Gasteiger partial charge on any atom is -0.508 e. The third-order valence-electron chi connectivity index (χ3n) is 19.3. The number of allylic oxidation sites excluding steroid dienone is 5. The number of nitrogens with two attached hydrogens (primary N) is 2. The molecule has 0 atom stereocenters. The minimum atomic E-state index is -0.322. The Kier molecular flexibility index (Phi) is 35.9. The largest absolute Gasteiger partial charge is 0.508 e. The van der Waals surface area contributed by atoms with Gasteiger partial charge in [-0.1, -0.05) is 11.6 Å². The number of pyridine rings is 5. The number of nitrogen functional groups attached to an aromatic ring is 2. The van der Waals surface area contributed by atoms with E-state index in [2.05, 4.69) is 51.5 Å². The van der Waals surface area contributed by atoms with Crippen LogP contribution in [0.1, 0.15) is 79.6 Å². The molecule has 0 aliphatic heterocycles. The van der Waals surface area contributed by atoms with Gasteiger partial charge in [-0.05, 0) is 340 Å². The van der Waals surface area contributed by atoms with Crippen LogP contribution >= 0.6 is 11.6 Å². The van der Waals surface area contributed by atoms with E-state index in [0.29, 0.717) is 130 Å². The monoisotopic (exact) mass is 1830 g/mol. The number of aromatic nitrogens is 5. The second-order valence-electron chi connectivity index (χ2n) is 28.5. The molecule has 0 unspecified atom stereocenters. The van der Waals surface area contributed by atoms with Gasteiger partial charge < -0.3 is 76.7 Å². The van der Waals surface area contributed by atoms with Gasteiger partial charge >= 0.3 is 0 Å². The summed E-state index contributed by atoms with van der Waals surface area (Å²) in [6.07, 6.45) is 24.0. The zero-order chi connectivity index (χ0) is 96.0. The molecule has 15 rings (SSSR count). The van der Waals surface area contributed by atoms with Crippen molar-refractivity contribution in [3.05, 3.63) is 419 Å². The smallest absolute Gasteiger partial charge is 0.203 e. The number of nitrogens with one attached hydrogen (secondary N) is 5. The van der Waals surface area contributed by atoms with E-state index in [4.69, 9.17) is 51.5 Å². The molecule has 680 valence electrons. The van der Waals surface area contributed by atoms with Gasteiger partial charge in [-0.15, -0.1) is 0 Å². The normalized spacial score (nSPS) is 10.7. The lowest BCUT2D eigenvalue weighted by molar-refractivity contribution is 0.103. The summed E-state index contributed by atoms with van der Waals surface area (Å²) in [5, 5.41) is 35.0. The summed E-state index contributed by atoms with van der Waals surface area (Å²) in [5.74, 6) is 4.27. The third kappa shape index (κ3) is 29.6. The minimum absolute atomic E-state index is 0.112. The van der Waals surface area contributed by atoms with Crippen molar-refractivity contribution in [3.63, 3.8) is 0 Å². The zero-order valence-electron chi connectivity index (χ0n) is 73.5. The number of phenols is 2. The summed E-state index contributed by atoms with van der Waals surface area (Å²) >= 11 is 5.84. The maximum atomic E-state index is 13.1. The van der Waals surface area contributed by atoms with Gasteiger partial charge in [0.2, 0.25) is 5.75 Å². The Balaban J connectivity index is 0.000000162. The van der Waals surface area contributed by atoms with Crippen LogP contribution in [0.3, 0.4) is 0 Å². The van der Waals surface area contributed by atoms with Crippen LogP contribution < -0.4 is 66.5 Å². The Morgan fingerprint density at radius 3 is 0.852 bits per heavy atom. The molecule has 5 heterocycles. The number of benzene rings is 10. The number of hydrogen-bond donors (Lipinski definition) is 9. The van der Waals surface area contributed by atoms with Gasteiger partial charge in [0.05, 0.1) is 48.3 Å². The fraction of sp³-hybridized carbons (Fsp3) is 0.0566. The number of carbonyl (C=O) groups is 5. The molecule has 25 nitrogen and oxygen atoms in total. The fourth-order valence-corrected chi connectivity index (χ4v) is 12.5. The molecule has 11 N–H and O–H groups in total. The van der Waals surface area contributed by atoms with Crippen molar-refractivity contribution < 1.29 is 75.8 Å². The number of carbonyl (C=O) groups excluding carboxylic acids is 5. The van der Waals surface area contributed by atoms with Gasteiger partial charge in [0, 0.05) is 126 Å². The molecule has 0 amide bonds. The highest BCUT2D eigenvalue weighted by Crippen LogP contribution is 2.39. The molecule has 0 fully saturated rings. The zero-order valence-corrected chi connectivity index (χ0v) is 74.3. The number of ether oxygens (including phenoxy) is 6. The van der Waals surface area contributed by atoms with E-state index in [0.717, 1.165) is 33.6 Å². The standard InChI is InChI=1S/C23H21FN2O4.C22H19FN2O3.C21H18FN3O2.C20H15ClN2O2.C20H17N3O2/c1-28-20-13-16(14-21(29-2)22(20)30-3)19(27)11-6-15-5-4-12-25-23(15)26-18-9-7-17(24)8-10-18;1-27-20-12-6-16(14-21(20)28-2)19(26)11-5-15-4-3-13-24-22(15)25-18-9-7-17(23)8-10-18;1-27-20-11-5-15(13-18(20)23)19(26)10-4-14-3-2-12-24-21(14)25-17-8-6-16(22)7-9-17;2*21-16-6-3-14(4-7-16)19(25)12-5-15-2-1-13-22-20(15)23-17-8-10-18(24)11-9-17/h4-14H,1-3H3,(H,25,26);3-14H,1-2H3,(H,24,25);2-13H,23H2,1H3,(H,24,25);1-13,24H,(H,22,23);1-13,24H,21H2,(H,22,23)/b11-6+;11-5+;10-4+;2*12-5+. The van der Waals surface area contributed by atoms with Crippen molar-refractivity contribution in [2.24, 2.45) is 0 Å². The Morgan fingerprint density at radius 1 is 0.296 bits per heavy atom. The predicted octanol–water partition coefficient (Wildman–Crippen LogP) is 23.3. The van der Waals surface area contributed by atoms with Crippen molar-refractivity contribution in [1.29, 1.82) is 0 Å². The SMILES string of the molecule is COc1cc(C(=O)/C=C/c2cccnc2Nc2ccc(F)cc2)cc(OC)c1OC.COc1ccc(C(=O)/C=C/c2cccnc2Nc2ccc(F)cc2)cc1N.COc1ccc(C(=O)/C=C/c2cccnc2Nc2ccc(F)cc2)cc1OC.Nc1ccc(C(=O)/C=C/c2cccnc2Nc2ccc(O)cc2)cc1.O=C(/C=C/c1cccnc1Nc1ccc(O)cc1)c1ccc(Cl)cc1. The first-order valence-corrected chi connectivity index (χ1v) is 41.5. The summed E-state index contributed by atoms with van der Waals surface area (Å²) in [6, 6.07) is 75.9. The number of rotatable bonds is 31. The third-order valence-corrected chi connectivity index (χ3v) is 19.6. The maximum absolute atomic E-state index is 13.1. The molecule has 0 radical (unpaired) electrons. The van der Waals surface area contributed by atoms with Crippen molar-refractivity contribution in [2.45, 2.75) is 0 Å². The molecular weight excluding hydrogens is 1740 g/mol. The average molecular weight is 1830 g/mol. The van der Waals surface area contributed by atoms with Gasteiger partial charge in [-0.25, -0.2) is 38.1 Å². The molecule has 0 aliphatic rings. The molecule has 0 saturated heterocycles. The van der Waals surface area contributed by atoms with Crippen LogP contribution in [0.5, 0.6) is 46.0 Å². The van der Waals surface area contributed by atoms with E-state index < -0.39 is 0 Å². The molecule has 29 heteroatoms. The first-order chi connectivity index (χ1) is 65.4. The lowest BCUT2D eigenvalue weighted by atomic mass is 10.1. The van der Waals surface area contributed by atoms with Crippen LogP contribution in [0.15, 0.2) is 340 Å². The second-order valence-corrected chi connectivity index (χ2v) is 28.9. The number of methoxy groups -OCH3 is 6. The average Bonchev–Trinajstić information content (AvgIpc) is 0.813. The van der Waals surface area contributed by atoms with E-state index in [1.807, 2.05) is 30.3 Å². The van der Waals surface area contributed by atoms with E-state index in [1.165, 1.54) is 109 Å². The second kappa shape index (κ2) is 49.6. The molecule has 0 bridgehead atoms. The van der Waals surface area contributed by atoms with E-state index in [-0.39, 0.29) is 57.9 Å². The van der Waals surface area contributed by atoms with Crippen LogP contribution in [0.2, 0.25) is 5.02 Å². The summed E-state index contributed by atoms with van der Waals surface area (Å²) in [5.41, 5.74) is 22.3. The number of ketones is 5. The summed E-state index contributed by atoms with van der Waals surface area (Å²) in [7, 11) is 9.06. The van der Waals surface area contributed by atoms with E-state index in [9.17, 15) is 47.4 Å². The quantitative estimate of drug-likeness (QED) is 0.00843. The molecular formula is C106H90ClF3N12O13. The Bertz CT molecular complexity index is 6560. The summed E-state index contributed by atoms with van der Waals surface area (Å²) < 4.78 is 70.6. The predicted molar refractivity (Wildman–Crippen MR) is 525 cm³/mol. The highest BCUT2D eigenvalue weighted by molar-refractivity contribution is 6.30. The molecule has 135 heavy (non-hydrogen) atoms. The highest BCUT2D eigenvalue weighted by Gasteiger charge is 2.18. The number of hydrogen-bond acceptors (Lipinski definition) is 25. The number of nitrogens with zero attached hydrogens (tertiary/aromatic N) is 5. The van der Waals surface area contributed by atoms with Crippen molar-refractivity contribution >= 4 is 140 Å². The van der Waals surface area contributed by atoms with Crippen LogP contribution in [0.4, 0.5) is 82.1 Å². The summed E-state index contributed by atoms with van der Waals surface area (Å²) in [6.45, 7) is 0. The van der Waals surface area contributed by atoms with Crippen molar-refractivity contribution in [1.82, 2.24) is 24.9 Å². The van der Waals surface area contributed by atoms with Crippen molar-refractivity contribution in [3.8, 4) is 46.0 Å². The molecule has 0 spiro atoms. The Morgan fingerprint density at radius 2 is 0.556 bits per heavy atom. The van der Waals surface area contributed by atoms with Gasteiger partial charge in [0.15, 0.2) is 51.9 Å². The molecule has 0 aliphatic carbocycles. The number of phenolic OH excluding ortho intramolecular Hbond substituents is 2. The molecule has 15 aromatic rings. The van der Waals surface area contributed by atoms with Gasteiger partial charge in [-0.3, -0.25) is 24.0 Å². The number of anilines is 12. The lowest BCUT2D eigenvalue weighted by Crippen LogP contribution is -2.01. The van der Waals surface area contributed by atoms with Gasteiger partial charge in [-0.2, -0.15) is 0 Å². The van der Waals surface area contributed by atoms with E-state index >= 15 is 0 Å². The summed E-state index contributed by atoms with van der Waals surface area (Å²) in [4.78, 5) is 83.6. The van der Waals surface area contributed by atoms with Gasteiger partial charge in [0.1, 0.15) is 63.8 Å². The fourth-order valence-electron chi connectivity index (χ4n) is 12.3. The van der Waals surface area contributed by atoms with Crippen LogP contribution in [-0.4, -0.2) is 107 Å².